The summed E-state index contributed by atoms with van der Waals surface area (Å²) < 4.78 is 0. The molecule has 2 N–H and O–H groups in total. The van der Waals surface area contributed by atoms with Crippen LogP contribution in [0.1, 0.15) is 48.3 Å². The quantitative estimate of drug-likeness (QED) is 0.881. The number of aromatic amines is 1. The fraction of sp³-hybridized carbons (Fsp3) is 0.471. The maximum Gasteiger partial charge on any atom is 0.251 e. The van der Waals surface area contributed by atoms with E-state index in [2.05, 4.69) is 24.1 Å². The highest BCUT2D eigenvalue weighted by Gasteiger charge is 2.20. The van der Waals surface area contributed by atoms with Gasteiger partial charge in [0.1, 0.15) is 0 Å². The van der Waals surface area contributed by atoms with E-state index in [0.717, 1.165) is 42.8 Å². The Hall–Kier alpha value is -1.77. The summed E-state index contributed by atoms with van der Waals surface area (Å²) in [6, 6.07) is 6.01. The van der Waals surface area contributed by atoms with Gasteiger partial charge in [0, 0.05) is 28.7 Å². The fourth-order valence-corrected chi connectivity index (χ4v) is 3.07. The van der Waals surface area contributed by atoms with Crippen LogP contribution in [0.5, 0.6) is 0 Å². The maximum atomic E-state index is 12.1. The second kappa shape index (κ2) is 5.31. The minimum absolute atomic E-state index is 0.0348. The predicted octanol–water partition coefficient (Wildman–Crippen LogP) is 3.43. The molecule has 1 atom stereocenters. The molecular weight excluding hydrogens is 248 g/mol. The summed E-state index contributed by atoms with van der Waals surface area (Å²) in [7, 11) is 0. The number of aromatic nitrogens is 1. The van der Waals surface area contributed by atoms with E-state index in [1.807, 2.05) is 18.2 Å². The number of amides is 1. The molecule has 0 bridgehead atoms. The zero-order chi connectivity index (χ0) is 14.1. The molecule has 20 heavy (non-hydrogen) atoms. The Labute approximate surface area is 119 Å². The highest BCUT2D eigenvalue weighted by Crippen LogP contribution is 2.32. The van der Waals surface area contributed by atoms with E-state index in [9.17, 15) is 4.79 Å². The Morgan fingerprint density at radius 2 is 2.30 bits per heavy atom. The first-order valence-corrected chi connectivity index (χ1v) is 7.60. The van der Waals surface area contributed by atoms with E-state index < -0.39 is 0 Å². The number of aryl methyl sites for hydroxylation is 1. The minimum atomic E-state index is 0.0348. The first kappa shape index (κ1) is 13.2. The Kier molecular flexibility index (Phi) is 3.51. The second-order valence-electron chi connectivity index (χ2n) is 5.95. The van der Waals surface area contributed by atoms with Crippen LogP contribution in [0.15, 0.2) is 18.2 Å². The van der Waals surface area contributed by atoms with Crippen LogP contribution in [0, 0.1) is 5.92 Å². The van der Waals surface area contributed by atoms with Crippen molar-refractivity contribution in [2.75, 3.05) is 6.54 Å². The molecule has 1 aromatic carbocycles. The van der Waals surface area contributed by atoms with E-state index in [-0.39, 0.29) is 5.91 Å². The molecule has 3 rings (SSSR count). The molecular formula is C17H22N2O. The summed E-state index contributed by atoms with van der Waals surface area (Å²) in [6.45, 7) is 5.10. The summed E-state index contributed by atoms with van der Waals surface area (Å²) >= 11 is 0. The predicted molar refractivity (Wildman–Crippen MR) is 82.1 cm³/mol. The summed E-state index contributed by atoms with van der Waals surface area (Å²) in [5, 5.41) is 4.18. The van der Waals surface area contributed by atoms with Crippen LogP contribution < -0.4 is 5.32 Å². The number of benzene rings is 1. The monoisotopic (exact) mass is 270 g/mol. The SMILES string of the molecule is CCCNC(=O)c1ccc2[nH]c3c(c2c1)C[C@@H](C)CC3. The van der Waals surface area contributed by atoms with Gasteiger partial charge in [-0.25, -0.2) is 0 Å². The minimum Gasteiger partial charge on any atom is -0.358 e. The Balaban J connectivity index is 1.98. The number of rotatable bonds is 3. The maximum absolute atomic E-state index is 12.1. The van der Waals surface area contributed by atoms with Gasteiger partial charge in [0.05, 0.1) is 0 Å². The standard InChI is InChI=1S/C17H22N2O/c1-3-8-18-17(20)12-5-7-16-14(10-12)13-9-11(2)4-6-15(13)19-16/h5,7,10-11,19H,3-4,6,8-9H2,1-2H3,(H,18,20)/t11-/m0/s1. The molecule has 1 aliphatic rings. The van der Waals surface area contributed by atoms with Crippen LogP contribution in [0.4, 0.5) is 0 Å². The lowest BCUT2D eigenvalue weighted by molar-refractivity contribution is 0.0954. The van der Waals surface area contributed by atoms with Gasteiger partial charge in [-0.15, -0.1) is 0 Å². The first-order chi connectivity index (χ1) is 9.69. The van der Waals surface area contributed by atoms with E-state index >= 15 is 0 Å². The van der Waals surface area contributed by atoms with Crippen molar-refractivity contribution in [3.8, 4) is 0 Å². The molecule has 2 aromatic rings. The molecule has 1 heterocycles. The van der Waals surface area contributed by atoms with Gasteiger partial charge in [-0.05, 0) is 55.4 Å². The lowest BCUT2D eigenvalue weighted by atomic mass is 9.87. The van der Waals surface area contributed by atoms with Crippen molar-refractivity contribution in [3.63, 3.8) is 0 Å². The van der Waals surface area contributed by atoms with Gasteiger partial charge < -0.3 is 10.3 Å². The number of fused-ring (bicyclic) bond motifs is 3. The number of carbonyl (C=O) groups is 1. The van der Waals surface area contributed by atoms with Crippen molar-refractivity contribution in [3.05, 3.63) is 35.0 Å². The normalized spacial score (nSPS) is 18.0. The second-order valence-corrected chi connectivity index (χ2v) is 5.95. The molecule has 106 valence electrons. The molecule has 1 amide bonds. The van der Waals surface area contributed by atoms with Crippen LogP contribution in [-0.4, -0.2) is 17.4 Å². The largest absolute Gasteiger partial charge is 0.358 e. The van der Waals surface area contributed by atoms with Crippen LogP contribution in [-0.2, 0) is 12.8 Å². The van der Waals surface area contributed by atoms with Crippen molar-refractivity contribution in [1.29, 1.82) is 0 Å². The van der Waals surface area contributed by atoms with E-state index in [1.165, 1.54) is 23.1 Å². The summed E-state index contributed by atoms with van der Waals surface area (Å²) in [5.74, 6) is 0.770. The number of nitrogens with one attached hydrogen (secondary N) is 2. The highest BCUT2D eigenvalue weighted by atomic mass is 16.1. The Morgan fingerprint density at radius 1 is 1.45 bits per heavy atom. The van der Waals surface area contributed by atoms with E-state index in [1.54, 1.807) is 0 Å². The number of H-pyrrole nitrogens is 1. The summed E-state index contributed by atoms with van der Waals surface area (Å²) in [5.41, 5.74) is 4.72. The van der Waals surface area contributed by atoms with Crippen molar-refractivity contribution in [2.24, 2.45) is 5.92 Å². The molecule has 0 radical (unpaired) electrons. The molecule has 1 aromatic heterocycles. The smallest absolute Gasteiger partial charge is 0.251 e. The van der Waals surface area contributed by atoms with Crippen LogP contribution >= 0.6 is 0 Å². The van der Waals surface area contributed by atoms with Crippen LogP contribution in [0.3, 0.4) is 0 Å². The van der Waals surface area contributed by atoms with Gasteiger partial charge >= 0.3 is 0 Å². The van der Waals surface area contributed by atoms with Crippen LogP contribution in [0.2, 0.25) is 0 Å². The zero-order valence-corrected chi connectivity index (χ0v) is 12.3. The van der Waals surface area contributed by atoms with Crippen molar-refractivity contribution in [2.45, 2.75) is 39.5 Å². The highest BCUT2D eigenvalue weighted by molar-refractivity contribution is 5.99. The van der Waals surface area contributed by atoms with Gasteiger partial charge in [-0.1, -0.05) is 13.8 Å². The number of carbonyl (C=O) groups excluding carboxylic acids is 1. The number of hydrogen-bond acceptors (Lipinski definition) is 1. The fourth-order valence-electron chi connectivity index (χ4n) is 3.07. The molecule has 0 fully saturated rings. The molecule has 0 spiro atoms. The Morgan fingerprint density at radius 3 is 3.10 bits per heavy atom. The summed E-state index contributed by atoms with van der Waals surface area (Å²) in [4.78, 5) is 15.6. The van der Waals surface area contributed by atoms with Gasteiger partial charge in [0.25, 0.3) is 5.91 Å². The third-order valence-corrected chi connectivity index (χ3v) is 4.23. The topological polar surface area (TPSA) is 44.9 Å². The zero-order valence-electron chi connectivity index (χ0n) is 12.3. The van der Waals surface area contributed by atoms with Crippen molar-refractivity contribution < 1.29 is 4.79 Å². The Bertz CT molecular complexity index is 642. The molecule has 3 heteroatoms. The van der Waals surface area contributed by atoms with Gasteiger partial charge in [-0.3, -0.25) is 4.79 Å². The summed E-state index contributed by atoms with van der Waals surface area (Å²) in [6.07, 6.45) is 4.46. The molecule has 0 aliphatic heterocycles. The van der Waals surface area contributed by atoms with Gasteiger partial charge in [0.15, 0.2) is 0 Å². The third-order valence-electron chi connectivity index (χ3n) is 4.23. The van der Waals surface area contributed by atoms with Gasteiger partial charge in [-0.2, -0.15) is 0 Å². The van der Waals surface area contributed by atoms with Crippen LogP contribution in [0.25, 0.3) is 10.9 Å². The lowest BCUT2D eigenvalue weighted by Crippen LogP contribution is -2.23. The van der Waals surface area contributed by atoms with E-state index in [4.69, 9.17) is 0 Å². The third kappa shape index (κ3) is 2.33. The van der Waals surface area contributed by atoms with Crippen molar-refractivity contribution in [1.82, 2.24) is 10.3 Å². The van der Waals surface area contributed by atoms with Crippen molar-refractivity contribution >= 4 is 16.8 Å². The molecule has 0 unspecified atom stereocenters. The number of hydrogen-bond donors (Lipinski definition) is 2. The molecule has 3 nitrogen and oxygen atoms in total. The van der Waals surface area contributed by atoms with Gasteiger partial charge in [0.2, 0.25) is 0 Å². The first-order valence-electron chi connectivity index (χ1n) is 7.60. The molecule has 0 saturated carbocycles. The average molecular weight is 270 g/mol. The average Bonchev–Trinajstić information content (AvgIpc) is 2.82. The lowest BCUT2D eigenvalue weighted by Gasteiger charge is -2.18. The molecule has 1 aliphatic carbocycles. The van der Waals surface area contributed by atoms with E-state index in [0.29, 0.717) is 0 Å². The molecule has 0 saturated heterocycles.